The van der Waals surface area contributed by atoms with E-state index in [0.29, 0.717) is 47.4 Å². The van der Waals surface area contributed by atoms with Gasteiger partial charge in [0.05, 0.1) is 24.8 Å². The average molecular weight is 596 g/mol. The van der Waals surface area contributed by atoms with Crippen LogP contribution in [0.4, 0.5) is 8.78 Å². The number of aromatic nitrogens is 2. The van der Waals surface area contributed by atoms with Gasteiger partial charge < -0.3 is 23.9 Å². The van der Waals surface area contributed by atoms with Crippen LogP contribution in [0.25, 0.3) is 10.3 Å². The summed E-state index contributed by atoms with van der Waals surface area (Å²) in [5.74, 6) is -1.39. The number of carboxylic acid groups (broad SMARTS) is 1. The topological polar surface area (TPSA) is 86.1 Å². The highest BCUT2D eigenvalue weighted by Gasteiger charge is 2.43. The van der Waals surface area contributed by atoms with Gasteiger partial charge in [-0.25, -0.2) is 18.6 Å². The number of imidazole rings is 1. The molecule has 220 valence electrons. The van der Waals surface area contributed by atoms with Gasteiger partial charge in [-0.05, 0) is 69.0 Å². The van der Waals surface area contributed by atoms with Crippen molar-refractivity contribution in [3.8, 4) is 11.5 Å². The molecule has 0 unspecified atom stereocenters. The summed E-state index contributed by atoms with van der Waals surface area (Å²) >= 11 is 0.875. The molecule has 2 fully saturated rings. The summed E-state index contributed by atoms with van der Waals surface area (Å²) in [6.07, 6.45) is 2.59. The smallest absolute Gasteiger partial charge is 0.349 e. The molecule has 0 aliphatic carbocycles. The minimum atomic E-state index is -1.28. The third kappa shape index (κ3) is 4.63. The normalized spacial score (nSPS) is 22.5. The van der Waals surface area contributed by atoms with Gasteiger partial charge in [-0.15, -0.1) is 11.3 Å². The van der Waals surface area contributed by atoms with Crippen molar-refractivity contribution in [1.29, 1.82) is 0 Å². The van der Waals surface area contributed by atoms with Gasteiger partial charge >= 0.3 is 5.97 Å². The van der Waals surface area contributed by atoms with Gasteiger partial charge in [0.25, 0.3) is 5.79 Å². The molecular formula is C31H31F2N3O5S. The lowest BCUT2D eigenvalue weighted by Crippen LogP contribution is -2.35. The van der Waals surface area contributed by atoms with Gasteiger partial charge in [0.2, 0.25) is 0 Å². The second-order valence-corrected chi connectivity index (χ2v) is 12.5. The van der Waals surface area contributed by atoms with E-state index in [1.807, 2.05) is 29.7 Å². The quantitative estimate of drug-likeness (QED) is 0.273. The Morgan fingerprint density at radius 3 is 2.64 bits per heavy atom. The molecule has 0 radical (unpaired) electrons. The van der Waals surface area contributed by atoms with E-state index in [-0.39, 0.29) is 28.2 Å². The van der Waals surface area contributed by atoms with Crippen LogP contribution in [-0.4, -0.2) is 51.3 Å². The fourth-order valence-corrected chi connectivity index (χ4v) is 7.18. The fraction of sp³-hybridized carbons (Fsp3) is 0.419. The minimum Gasteiger partial charge on any atom is -0.477 e. The molecule has 7 rings (SSSR count). The Bertz CT molecular complexity index is 1690. The largest absolute Gasteiger partial charge is 0.477 e. The maximum absolute atomic E-state index is 15.1. The summed E-state index contributed by atoms with van der Waals surface area (Å²) in [4.78, 5) is 18.6. The van der Waals surface area contributed by atoms with Crippen LogP contribution in [0.3, 0.4) is 0 Å². The van der Waals surface area contributed by atoms with E-state index in [9.17, 15) is 14.3 Å². The third-order valence-electron chi connectivity index (χ3n) is 8.61. The summed E-state index contributed by atoms with van der Waals surface area (Å²) in [6.45, 7) is 6.83. The number of piperidine rings is 1. The first-order valence-electron chi connectivity index (χ1n) is 14.2. The van der Waals surface area contributed by atoms with Crippen LogP contribution in [0.5, 0.6) is 11.5 Å². The molecule has 8 nitrogen and oxygen atoms in total. The van der Waals surface area contributed by atoms with E-state index in [1.165, 1.54) is 6.07 Å². The number of nitrogens with zero attached hydrogens (tertiary/aromatic N) is 3. The minimum absolute atomic E-state index is 0.0269. The number of carboxylic acids is 1. The Labute approximate surface area is 245 Å². The second-order valence-electron chi connectivity index (χ2n) is 11.5. The van der Waals surface area contributed by atoms with E-state index < -0.39 is 17.6 Å². The predicted molar refractivity (Wildman–Crippen MR) is 152 cm³/mol. The maximum atomic E-state index is 15.1. The van der Waals surface area contributed by atoms with Crippen molar-refractivity contribution in [2.24, 2.45) is 0 Å². The predicted octanol–water partition coefficient (Wildman–Crippen LogP) is 6.20. The van der Waals surface area contributed by atoms with Crippen molar-refractivity contribution in [1.82, 2.24) is 14.5 Å². The Kier molecular flexibility index (Phi) is 6.71. The zero-order chi connectivity index (χ0) is 29.2. The number of benzene rings is 2. The molecule has 2 atom stereocenters. The molecule has 2 aromatic heterocycles. The molecule has 2 aromatic carbocycles. The Balaban J connectivity index is 1.08. The van der Waals surface area contributed by atoms with Crippen molar-refractivity contribution in [3.05, 3.63) is 75.4 Å². The van der Waals surface area contributed by atoms with E-state index >= 15 is 4.39 Å². The molecule has 2 saturated heterocycles. The lowest BCUT2D eigenvalue weighted by Gasteiger charge is -2.33. The summed E-state index contributed by atoms with van der Waals surface area (Å²) in [6, 6.07) is 10.9. The van der Waals surface area contributed by atoms with Crippen molar-refractivity contribution in [3.63, 3.8) is 0 Å². The zero-order valence-electron chi connectivity index (χ0n) is 23.4. The van der Waals surface area contributed by atoms with Crippen LogP contribution in [-0.2, 0) is 23.6 Å². The van der Waals surface area contributed by atoms with Gasteiger partial charge in [-0.1, -0.05) is 18.2 Å². The second kappa shape index (κ2) is 10.3. The van der Waals surface area contributed by atoms with Crippen LogP contribution >= 0.6 is 11.3 Å². The highest BCUT2D eigenvalue weighted by Crippen LogP contribution is 2.49. The number of likely N-dealkylation sites (tertiary alicyclic amines) is 1. The number of halogens is 2. The van der Waals surface area contributed by atoms with Gasteiger partial charge in [0.1, 0.15) is 22.0 Å². The van der Waals surface area contributed by atoms with Gasteiger partial charge in [0.15, 0.2) is 22.2 Å². The third-order valence-corrected chi connectivity index (χ3v) is 9.65. The summed E-state index contributed by atoms with van der Waals surface area (Å²) in [7, 11) is 0. The van der Waals surface area contributed by atoms with Crippen molar-refractivity contribution in [2.75, 3.05) is 19.7 Å². The van der Waals surface area contributed by atoms with Gasteiger partial charge in [0, 0.05) is 19.1 Å². The number of thiophene rings is 1. The van der Waals surface area contributed by atoms with Crippen molar-refractivity contribution < 1.29 is 32.9 Å². The first kappa shape index (κ1) is 27.3. The average Bonchev–Trinajstić information content (AvgIpc) is 3.56. The van der Waals surface area contributed by atoms with Crippen LogP contribution in [0, 0.1) is 18.6 Å². The number of aromatic carboxylic acids is 1. The summed E-state index contributed by atoms with van der Waals surface area (Å²) < 4.78 is 50.0. The molecule has 0 spiro atoms. The van der Waals surface area contributed by atoms with Crippen molar-refractivity contribution in [2.45, 2.75) is 64.0 Å². The number of ether oxygens (including phenoxy) is 3. The first-order chi connectivity index (χ1) is 20.2. The number of carbonyl (C=O) groups is 1. The van der Waals surface area contributed by atoms with Crippen LogP contribution < -0.4 is 9.47 Å². The molecule has 3 aliphatic rings. The van der Waals surface area contributed by atoms with E-state index in [2.05, 4.69) is 16.0 Å². The molecule has 1 N–H and O–H groups in total. The summed E-state index contributed by atoms with van der Waals surface area (Å²) in [5, 5.41) is 9.40. The standard InChI is InChI=1S/C31H31F2N3O5S/c1-17-6-7-21(22(32)14-17)31(2)40-23-5-3-4-20(27(23)41-31)18-8-11-35(12-9-18)16-24-34-29-26(25(33)28(42-29)30(37)38)36(24)15-19-10-13-39-19/h3-7,14,18-19H,8-13,15-16H2,1-2H3,(H,37,38)/t19-,31-/m0/s1. The number of rotatable bonds is 7. The van der Waals surface area contributed by atoms with Crippen molar-refractivity contribution >= 4 is 27.7 Å². The molecule has 42 heavy (non-hydrogen) atoms. The molecular weight excluding hydrogens is 564 g/mol. The zero-order valence-corrected chi connectivity index (χ0v) is 24.2. The first-order valence-corrected chi connectivity index (χ1v) is 15.0. The van der Waals surface area contributed by atoms with E-state index in [4.69, 9.17) is 14.2 Å². The highest BCUT2D eigenvalue weighted by atomic mass is 32.1. The lowest BCUT2D eigenvalue weighted by atomic mass is 9.88. The molecule has 11 heteroatoms. The summed E-state index contributed by atoms with van der Waals surface area (Å²) in [5.41, 5.74) is 2.50. The lowest BCUT2D eigenvalue weighted by molar-refractivity contribution is -0.0712. The van der Waals surface area contributed by atoms with Crippen LogP contribution in [0.1, 0.15) is 64.3 Å². The van der Waals surface area contributed by atoms with Gasteiger partial charge in [-0.3, -0.25) is 4.90 Å². The highest BCUT2D eigenvalue weighted by molar-refractivity contribution is 7.20. The number of hydrogen-bond donors (Lipinski definition) is 1. The van der Waals surface area contributed by atoms with Gasteiger partial charge in [-0.2, -0.15) is 0 Å². The van der Waals surface area contributed by atoms with Crippen LogP contribution in [0.15, 0.2) is 36.4 Å². The number of fused-ring (bicyclic) bond motifs is 2. The molecule has 3 aliphatic heterocycles. The Morgan fingerprint density at radius 1 is 1.17 bits per heavy atom. The number of hydrogen-bond acceptors (Lipinski definition) is 7. The molecule has 5 heterocycles. The van der Waals surface area contributed by atoms with E-state index in [0.717, 1.165) is 54.8 Å². The fourth-order valence-electron chi connectivity index (χ4n) is 6.26. The number of aryl methyl sites for hydroxylation is 1. The molecule has 0 bridgehead atoms. The SMILES string of the molecule is Cc1ccc([C@@]2(C)Oc3cccc(C4CCN(Cc5nc6sc(C(=O)O)c(F)c6n5C[C@@H]5CCO5)CC4)c3O2)c(F)c1. The Hall–Kier alpha value is -3.54. The maximum Gasteiger partial charge on any atom is 0.349 e. The number of para-hydroxylation sites is 1. The molecule has 0 amide bonds. The molecule has 4 aromatic rings. The molecule has 0 saturated carbocycles. The Morgan fingerprint density at radius 2 is 1.95 bits per heavy atom. The monoisotopic (exact) mass is 595 g/mol. The van der Waals surface area contributed by atoms with E-state index in [1.54, 1.807) is 13.0 Å². The van der Waals surface area contributed by atoms with Crippen LogP contribution in [0.2, 0.25) is 0 Å².